The summed E-state index contributed by atoms with van der Waals surface area (Å²) in [7, 11) is 1.79. The first-order chi connectivity index (χ1) is 21.6. The lowest BCUT2D eigenvalue weighted by Crippen LogP contribution is -2.36. The highest BCUT2D eigenvalue weighted by Gasteiger charge is 2.38. The number of aromatic amines is 1. The highest BCUT2D eigenvalue weighted by atomic mass is 19.4. The quantitative estimate of drug-likeness (QED) is 0.185. The van der Waals surface area contributed by atoms with Crippen molar-refractivity contribution in [1.29, 1.82) is 0 Å². The number of nitrogens with two attached hydrogens (primary N) is 1. The van der Waals surface area contributed by atoms with Crippen LogP contribution in [0.2, 0.25) is 0 Å². The van der Waals surface area contributed by atoms with Gasteiger partial charge in [-0.3, -0.25) is 14.3 Å². The third kappa shape index (κ3) is 8.22. The molecular weight excluding hydrogens is 608 g/mol. The second kappa shape index (κ2) is 14.0. The maximum atomic E-state index is 15.3. The normalized spacial score (nSPS) is 18.4. The summed E-state index contributed by atoms with van der Waals surface area (Å²) in [4.78, 5) is 40.5. The van der Waals surface area contributed by atoms with E-state index in [1.54, 1.807) is 35.1 Å². The molecule has 3 aromatic rings. The molecular formula is C32H34F4N6O4. The molecule has 1 fully saturated rings. The van der Waals surface area contributed by atoms with Gasteiger partial charge in [-0.2, -0.15) is 18.3 Å². The average molecular weight is 643 g/mol. The molecule has 0 saturated heterocycles. The summed E-state index contributed by atoms with van der Waals surface area (Å²) in [5.41, 5.74) is 10.9. The van der Waals surface area contributed by atoms with E-state index in [1.165, 1.54) is 12.1 Å². The van der Waals surface area contributed by atoms with Crippen LogP contribution in [0.25, 0.3) is 11.6 Å². The second-order valence-electron chi connectivity index (χ2n) is 11.3. The molecule has 5 N–H and O–H groups in total. The van der Waals surface area contributed by atoms with E-state index >= 15 is 4.39 Å². The fourth-order valence-corrected chi connectivity index (χ4v) is 5.39. The number of benzene rings is 1. The zero-order valence-corrected chi connectivity index (χ0v) is 25.5. The molecule has 0 bridgehead atoms. The average Bonchev–Trinajstić information content (AvgIpc) is 3.62. The van der Waals surface area contributed by atoms with Crippen LogP contribution < -0.4 is 16.0 Å². The predicted octanol–water partition coefficient (Wildman–Crippen LogP) is 4.32. The Kier molecular flexibility index (Phi) is 10.4. The van der Waals surface area contributed by atoms with Crippen LogP contribution >= 0.6 is 0 Å². The molecule has 14 heteroatoms. The summed E-state index contributed by atoms with van der Waals surface area (Å²) in [6.45, 7) is 4.46. The van der Waals surface area contributed by atoms with Crippen molar-refractivity contribution in [3.8, 4) is 11.8 Å². The number of nitrogens with one attached hydrogen (secondary N) is 2. The van der Waals surface area contributed by atoms with Gasteiger partial charge in [0, 0.05) is 42.8 Å². The molecule has 1 saturated carbocycles. The van der Waals surface area contributed by atoms with Gasteiger partial charge in [0.05, 0.1) is 35.1 Å². The number of carboxylic acid groups (broad SMARTS) is 1. The Morgan fingerprint density at radius 1 is 1.20 bits per heavy atom. The minimum absolute atomic E-state index is 0.0475. The number of carbonyl (C=O) groups excluding carboxylic acids is 2. The minimum Gasteiger partial charge on any atom is -0.475 e. The van der Waals surface area contributed by atoms with Gasteiger partial charge in [0.1, 0.15) is 5.82 Å². The molecule has 0 spiro atoms. The van der Waals surface area contributed by atoms with Crippen molar-refractivity contribution in [2.75, 3.05) is 18.0 Å². The molecule has 2 aliphatic rings. The monoisotopic (exact) mass is 642 g/mol. The Bertz CT molecular complexity index is 1720. The maximum Gasteiger partial charge on any atom is 0.490 e. The van der Waals surface area contributed by atoms with Crippen molar-refractivity contribution in [2.45, 2.75) is 51.7 Å². The van der Waals surface area contributed by atoms with Crippen LogP contribution in [-0.4, -0.2) is 63.0 Å². The van der Waals surface area contributed by atoms with Gasteiger partial charge in [0.2, 0.25) is 0 Å². The Balaban J connectivity index is 0.000000617. The lowest BCUT2D eigenvalue weighted by Gasteiger charge is -2.30. The van der Waals surface area contributed by atoms with E-state index in [0.717, 1.165) is 48.2 Å². The number of aromatic nitrogens is 3. The number of anilines is 1. The first kappa shape index (κ1) is 34.0. The Hall–Kier alpha value is -4.90. The largest absolute Gasteiger partial charge is 0.490 e. The smallest absolute Gasteiger partial charge is 0.475 e. The standard InChI is InChI=1S/C30H33FN6O2.C2HF3O2/c1-18-11-19(2)35-27(18)13-24-23-12-26(31)25(29(38)33-10-4-5-21-15-34-36(3)16-21)14-28(23)37(30(24)39)17-20-6-8-22(32)9-7-20;3-2(4,5)1(6)7/h11-16,20,22,35H,6-10,17,32H2,1-3H3,(H,33,38);(H,6,7)/b24-13-;. The molecule has 0 atom stereocenters. The summed E-state index contributed by atoms with van der Waals surface area (Å²) in [5, 5.41) is 13.8. The molecule has 10 nitrogen and oxygen atoms in total. The van der Waals surface area contributed by atoms with Gasteiger partial charge in [-0.05, 0) is 75.3 Å². The van der Waals surface area contributed by atoms with Gasteiger partial charge in [-0.1, -0.05) is 11.8 Å². The summed E-state index contributed by atoms with van der Waals surface area (Å²) >= 11 is 0. The number of fused-ring (bicyclic) bond motifs is 1. The molecule has 2 aromatic heterocycles. The molecule has 0 radical (unpaired) electrons. The maximum absolute atomic E-state index is 15.3. The third-order valence-electron chi connectivity index (χ3n) is 7.71. The summed E-state index contributed by atoms with van der Waals surface area (Å²) in [6.07, 6.45) is 3.79. The van der Waals surface area contributed by atoms with Crippen molar-refractivity contribution in [3.05, 3.63) is 70.1 Å². The molecule has 3 heterocycles. The fraction of sp³-hybridized carbons (Fsp3) is 0.375. The number of H-pyrrole nitrogens is 1. The number of hydrogen-bond donors (Lipinski definition) is 4. The third-order valence-corrected chi connectivity index (χ3v) is 7.71. The van der Waals surface area contributed by atoms with Gasteiger partial charge < -0.3 is 26.0 Å². The van der Waals surface area contributed by atoms with Crippen molar-refractivity contribution < 1.29 is 37.1 Å². The van der Waals surface area contributed by atoms with Crippen LogP contribution in [-0.2, 0) is 16.6 Å². The fourth-order valence-electron chi connectivity index (χ4n) is 5.39. The van der Waals surface area contributed by atoms with Gasteiger partial charge in [-0.15, -0.1) is 0 Å². The van der Waals surface area contributed by atoms with E-state index in [-0.39, 0.29) is 24.1 Å². The minimum atomic E-state index is -5.08. The van der Waals surface area contributed by atoms with Gasteiger partial charge in [0.25, 0.3) is 11.8 Å². The van der Waals surface area contributed by atoms with Crippen LogP contribution in [0, 0.1) is 37.4 Å². The van der Waals surface area contributed by atoms with Crippen LogP contribution in [0.4, 0.5) is 23.2 Å². The number of hydrogen-bond acceptors (Lipinski definition) is 5. The summed E-state index contributed by atoms with van der Waals surface area (Å²) < 4.78 is 48.7. The lowest BCUT2D eigenvalue weighted by atomic mass is 9.86. The zero-order valence-electron chi connectivity index (χ0n) is 25.5. The van der Waals surface area contributed by atoms with E-state index < -0.39 is 23.9 Å². The van der Waals surface area contributed by atoms with Crippen molar-refractivity contribution >= 4 is 35.1 Å². The molecule has 1 aliphatic heterocycles. The molecule has 2 amide bonds. The van der Waals surface area contributed by atoms with Crippen LogP contribution in [0.3, 0.4) is 0 Å². The Labute approximate surface area is 262 Å². The van der Waals surface area contributed by atoms with Gasteiger partial charge in [-0.25, -0.2) is 9.18 Å². The lowest BCUT2D eigenvalue weighted by molar-refractivity contribution is -0.192. The predicted molar refractivity (Wildman–Crippen MR) is 163 cm³/mol. The number of amides is 2. The van der Waals surface area contributed by atoms with Crippen molar-refractivity contribution in [1.82, 2.24) is 20.1 Å². The number of rotatable bonds is 5. The summed E-state index contributed by atoms with van der Waals surface area (Å²) in [5.74, 6) is 1.85. The zero-order chi connectivity index (χ0) is 33.8. The van der Waals surface area contributed by atoms with Crippen LogP contribution in [0.5, 0.6) is 0 Å². The van der Waals surface area contributed by atoms with Gasteiger partial charge >= 0.3 is 12.1 Å². The Morgan fingerprint density at radius 2 is 1.87 bits per heavy atom. The number of halogens is 4. The SMILES string of the molecule is Cc1cc(C)c(/C=C2\C(=O)N(CC3CCC(N)CC3)c3cc(C(=O)NCC#Cc4cnn(C)c4)c(F)cc32)[nH]1.O=C(O)C(F)(F)F. The highest BCUT2D eigenvalue weighted by Crippen LogP contribution is 2.41. The van der Waals surface area contributed by atoms with E-state index in [1.807, 2.05) is 19.9 Å². The molecule has 5 rings (SSSR count). The molecule has 0 unspecified atom stereocenters. The number of aliphatic carboxylic acids is 1. The first-order valence-corrected chi connectivity index (χ1v) is 14.5. The van der Waals surface area contributed by atoms with E-state index in [2.05, 4.69) is 27.2 Å². The van der Waals surface area contributed by atoms with Crippen molar-refractivity contribution in [3.63, 3.8) is 0 Å². The topological polar surface area (TPSA) is 146 Å². The second-order valence-corrected chi connectivity index (χ2v) is 11.3. The number of nitrogens with zero attached hydrogens (tertiary/aromatic N) is 3. The number of alkyl halides is 3. The van der Waals surface area contributed by atoms with E-state index in [4.69, 9.17) is 15.6 Å². The van der Waals surface area contributed by atoms with E-state index in [0.29, 0.717) is 29.3 Å². The Morgan fingerprint density at radius 3 is 2.43 bits per heavy atom. The molecule has 1 aromatic carbocycles. The number of aryl methyl sites for hydroxylation is 3. The van der Waals surface area contributed by atoms with Crippen LogP contribution in [0.15, 0.2) is 30.6 Å². The van der Waals surface area contributed by atoms with Crippen molar-refractivity contribution in [2.24, 2.45) is 18.7 Å². The molecule has 46 heavy (non-hydrogen) atoms. The number of carbonyl (C=O) groups is 3. The summed E-state index contributed by atoms with van der Waals surface area (Å²) in [6, 6.07) is 5.00. The molecule has 244 valence electrons. The van der Waals surface area contributed by atoms with Crippen LogP contribution in [0.1, 0.15) is 64.1 Å². The molecule has 1 aliphatic carbocycles. The number of carboxylic acids is 1. The highest BCUT2D eigenvalue weighted by molar-refractivity contribution is 6.36. The first-order valence-electron chi connectivity index (χ1n) is 14.5. The van der Waals surface area contributed by atoms with E-state index in [9.17, 15) is 22.8 Å². The van der Waals surface area contributed by atoms with Gasteiger partial charge in [0.15, 0.2) is 0 Å².